The molecule has 0 bridgehead atoms. The van der Waals surface area contributed by atoms with Crippen molar-refractivity contribution < 1.29 is 18.8 Å². The fourth-order valence-electron chi connectivity index (χ4n) is 1.41. The predicted molar refractivity (Wildman–Crippen MR) is 73.8 cm³/mol. The van der Waals surface area contributed by atoms with Crippen LogP contribution in [0, 0.1) is 10.1 Å². The quantitative estimate of drug-likeness (QED) is 0.509. The maximum absolute atomic E-state index is 13.7. The number of halogens is 3. The molecule has 0 saturated heterocycles. The lowest BCUT2D eigenvalue weighted by atomic mass is 10.0. The number of ether oxygens (including phenoxy) is 1. The van der Waals surface area contributed by atoms with Crippen molar-refractivity contribution in [1.29, 1.82) is 0 Å². The lowest BCUT2D eigenvalue weighted by Gasteiger charge is -2.15. The fraction of sp³-hybridized carbons (Fsp3) is 0.364. The third kappa shape index (κ3) is 4.29. The first-order chi connectivity index (χ1) is 8.88. The number of hydrogen-bond acceptors (Lipinski definition) is 5. The van der Waals surface area contributed by atoms with Gasteiger partial charge in [-0.1, -0.05) is 17.7 Å². The number of nitrogens with zero attached hydrogens (tertiary/aromatic N) is 1. The van der Waals surface area contributed by atoms with Crippen LogP contribution in [0.5, 0.6) is 0 Å². The summed E-state index contributed by atoms with van der Waals surface area (Å²) in [5.74, 6) is -1.10. The van der Waals surface area contributed by atoms with Crippen LogP contribution in [-0.4, -0.2) is 23.7 Å². The summed E-state index contributed by atoms with van der Waals surface area (Å²) in [5, 5.41) is 10.6. The second-order valence-corrected chi connectivity index (χ2v) is 4.05. The predicted octanol–water partition coefficient (Wildman–Crippen LogP) is 2.57. The van der Waals surface area contributed by atoms with Crippen LogP contribution in [0.1, 0.15) is 18.5 Å². The SMILES string of the molecule is CCOC(=O)C(F)[C@@H](N)c1ccc(Cl)c([N+](=O)[O-])c1.Cl. The standard InChI is InChI=1S/C11H12ClFN2O4.ClH/c1-2-19-11(16)9(13)10(14)6-3-4-7(12)8(5-6)15(17)18;/h3-5,9-10H,2,14H2,1H3;1H/t9?,10-;/m0./s1. The van der Waals surface area contributed by atoms with E-state index in [4.69, 9.17) is 17.3 Å². The van der Waals surface area contributed by atoms with Gasteiger partial charge in [-0.15, -0.1) is 12.4 Å². The van der Waals surface area contributed by atoms with Crippen molar-refractivity contribution in [3.05, 3.63) is 38.9 Å². The third-order valence-corrected chi connectivity index (χ3v) is 2.70. The van der Waals surface area contributed by atoms with Crippen molar-refractivity contribution in [2.75, 3.05) is 6.61 Å². The Hall–Kier alpha value is -1.44. The van der Waals surface area contributed by atoms with Crippen molar-refractivity contribution >= 4 is 35.7 Å². The van der Waals surface area contributed by atoms with Crippen molar-refractivity contribution in [1.82, 2.24) is 0 Å². The average molecular weight is 327 g/mol. The van der Waals surface area contributed by atoms with Gasteiger partial charge in [0.1, 0.15) is 5.02 Å². The van der Waals surface area contributed by atoms with Gasteiger partial charge in [-0.05, 0) is 18.6 Å². The molecule has 20 heavy (non-hydrogen) atoms. The molecular formula is C11H13Cl2FN2O4. The molecule has 1 unspecified atom stereocenters. The molecule has 0 heterocycles. The Morgan fingerprint density at radius 3 is 2.70 bits per heavy atom. The number of benzene rings is 1. The van der Waals surface area contributed by atoms with E-state index >= 15 is 0 Å². The monoisotopic (exact) mass is 326 g/mol. The van der Waals surface area contributed by atoms with Crippen molar-refractivity contribution in [2.45, 2.75) is 19.1 Å². The minimum Gasteiger partial charge on any atom is -0.464 e. The van der Waals surface area contributed by atoms with E-state index in [1.165, 1.54) is 19.1 Å². The summed E-state index contributed by atoms with van der Waals surface area (Å²) in [6.07, 6.45) is -2.10. The summed E-state index contributed by atoms with van der Waals surface area (Å²) in [6.45, 7) is 1.55. The number of hydrogen-bond donors (Lipinski definition) is 1. The highest BCUT2D eigenvalue weighted by atomic mass is 35.5. The molecule has 0 radical (unpaired) electrons. The first-order valence-corrected chi connectivity index (χ1v) is 5.76. The topological polar surface area (TPSA) is 95.5 Å². The van der Waals surface area contributed by atoms with E-state index in [2.05, 4.69) is 4.74 Å². The maximum atomic E-state index is 13.7. The molecule has 1 rings (SSSR count). The van der Waals surface area contributed by atoms with Crippen LogP contribution >= 0.6 is 24.0 Å². The number of nitro groups is 1. The van der Waals surface area contributed by atoms with E-state index in [1.807, 2.05) is 0 Å². The molecule has 0 aliphatic carbocycles. The van der Waals surface area contributed by atoms with E-state index < -0.39 is 28.8 Å². The van der Waals surface area contributed by atoms with Gasteiger partial charge in [0.25, 0.3) is 5.69 Å². The first-order valence-electron chi connectivity index (χ1n) is 5.38. The summed E-state index contributed by atoms with van der Waals surface area (Å²) in [4.78, 5) is 21.2. The Labute approximate surface area is 125 Å². The second kappa shape index (κ2) is 7.98. The van der Waals surface area contributed by atoms with Gasteiger partial charge in [0.2, 0.25) is 6.17 Å². The molecule has 112 valence electrons. The van der Waals surface area contributed by atoms with E-state index in [1.54, 1.807) is 0 Å². The van der Waals surface area contributed by atoms with E-state index in [0.717, 1.165) is 6.07 Å². The number of carbonyl (C=O) groups is 1. The average Bonchev–Trinajstić information content (AvgIpc) is 2.37. The number of carbonyl (C=O) groups excluding carboxylic acids is 1. The number of esters is 1. The number of alkyl halides is 1. The molecule has 0 amide bonds. The number of rotatable bonds is 5. The molecule has 6 nitrogen and oxygen atoms in total. The van der Waals surface area contributed by atoms with Gasteiger partial charge < -0.3 is 10.5 Å². The highest BCUT2D eigenvalue weighted by Crippen LogP contribution is 2.28. The lowest BCUT2D eigenvalue weighted by Crippen LogP contribution is -2.31. The Balaban J connectivity index is 0.00000361. The lowest BCUT2D eigenvalue weighted by molar-refractivity contribution is -0.384. The number of nitrogens with two attached hydrogens (primary N) is 1. The Morgan fingerprint density at radius 1 is 1.60 bits per heavy atom. The molecule has 2 N–H and O–H groups in total. The Morgan fingerprint density at radius 2 is 2.20 bits per heavy atom. The van der Waals surface area contributed by atoms with Crippen LogP contribution < -0.4 is 5.73 Å². The third-order valence-electron chi connectivity index (χ3n) is 2.38. The molecular weight excluding hydrogens is 314 g/mol. The molecule has 1 aromatic rings. The zero-order valence-electron chi connectivity index (χ0n) is 10.4. The summed E-state index contributed by atoms with van der Waals surface area (Å²) >= 11 is 5.62. The van der Waals surface area contributed by atoms with Crippen LogP contribution in [0.25, 0.3) is 0 Å². The molecule has 0 saturated carbocycles. The molecule has 0 aliphatic heterocycles. The zero-order chi connectivity index (χ0) is 14.6. The van der Waals surface area contributed by atoms with Gasteiger partial charge in [-0.2, -0.15) is 0 Å². The molecule has 1 aromatic carbocycles. The second-order valence-electron chi connectivity index (χ2n) is 3.65. The summed E-state index contributed by atoms with van der Waals surface area (Å²) in [6, 6.07) is 2.24. The van der Waals surface area contributed by atoms with Crippen molar-refractivity contribution in [2.24, 2.45) is 5.73 Å². The normalized spacial score (nSPS) is 13.0. The molecule has 0 spiro atoms. The number of nitro benzene ring substituents is 1. The largest absolute Gasteiger partial charge is 0.464 e. The highest BCUT2D eigenvalue weighted by Gasteiger charge is 2.29. The van der Waals surface area contributed by atoms with Gasteiger partial charge in [0.15, 0.2) is 0 Å². The van der Waals surface area contributed by atoms with Crippen LogP contribution in [0.3, 0.4) is 0 Å². The van der Waals surface area contributed by atoms with Gasteiger partial charge in [0.05, 0.1) is 17.6 Å². The van der Waals surface area contributed by atoms with Crippen molar-refractivity contribution in [3.8, 4) is 0 Å². The minimum atomic E-state index is -2.10. The zero-order valence-corrected chi connectivity index (χ0v) is 12.0. The van der Waals surface area contributed by atoms with Crippen LogP contribution in [0.4, 0.5) is 10.1 Å². The minimum absolute atomic E-state index is 0. The fourth-order valence-corrected chi connectivity index (χ4v) is 1.60. The maximum Gasteiger partial charge on any atom is 0.342 e. The van der Waals surface area contributed by atoms with Gasteiger partial charge in [0, 0.05) is 6.07 Å². The van der Waals surface area contributed by atoms with Crippen LogP contribution in [-0.2, 0) is 9.53 Å². The Bertz CT molecular complexity index is 501. The molecule has 9 heteroatoms. The smallest absolute Gasteiger partial charge is 0.342 e. The summed E-state index contributed by atoms with van der Waals surface area (Å²) in [7, 11) is 0. The first kappa shape index (κ1) is 18.6. The highest BCUT2D eigenvalue weighted by molar-refractivity contribution is 6.32. The van der Waals surface area contributed by atoms with E-state index in [9.17, 15) is 19.3 Å². The molecule has 2 atom stereocenters. The molecule has 0 aliphatic rings. The van der Waals surface area contributed by atoms with E-state index in [0.29, 0.717) is 0 Å². The van der Waals surface area contributed by atoms with Gasteiger partial charge >= 0.3 is 5.97 Å². The Kier molecular flexibility index (Phi) is 7.41. The summed E-state index contributed by atoms with van der Waals surface area (Å²) < 4.78 is 18.2. The summed E-state index contributed by atoms with van der Waals surface area (Å²) in [5.41, 5.74) is 5.24. The van der Waals surface area contributed by atoms with Crippen LogP contribution in [0.2, 0.25) is 5.02 Å². The molecule has 0 aromatic heterocycles. The van der Waals surface area contributed by atoms with Crippen molar-refractivity contribution in [3.63, 3.8) is 0 Å². The van der Waals surface area contributed by atoms with Gasteiger partial charge in [-0.3, -0.25) is 10.1 Å². The molecule has 0 fully saturated rings. The van der Waals surface area contributed by atoms with Crippen LogP contribution in [0.15, 0.2) is 18.2 Å². The van der Waals surface area contributed by atoms with E-state index in [-0.39, 0.29) is 29.6 Å². The van der Waals surface area contributed by atoms with Gasteiger partial charge in [-0.25, -0.2) is 9.18 Å².